The van der Waals surface area contributed by atoms with E-state index >= 15 is 0 Å². The normalized spacial score (nSPS) is 11.4. The zero-order chi connectivity index (χ0) is 22.6. The minimum atomic E-state index is -3.86. The van der Waals surface area contributed by atoms with Crippen molar-refractivity contribution in [2.24, 2.45) is 0 Å². The molecule has 12 heteroatoms. The maximum Gasteiger partial charge on any atom is 0.263 e. The topological polar surface area (TPSA) is 127 Å². The van der Waals surface area contributed by atoms with Crippen LogP contribution in [0.4, 0.5) is 11.5 Å². The molecule has 4 rings (SSSR count). The average molecular weight is 490 g/mol. The van der Waals surface area contributed by atoms with E-state index in [9.17, 15) is 13.2 Å². The van der Waals surface area contributed by atoms with Crippen LogP contribution >= 0.6 is 23.4 Å². The molecule has 0 fully saturated rings. The number of fused-ring (bicyclic) bond motifs is 1. The Kier molecular flexibility index (Phi) is 6.58. The fourth-order valence-electron chi connectivity index (χ4n) is 2.65. The summed E-state index contributed by atoms with van der Waals surface area (Å²) in [4.78, 5) is 16.6. The summed E-state index contributed by atoms with van der Waals surface area (Å²) in [6.07, 6.45) is 0.236. The number of rotatable bonds is 8. The molecule has 0 aliphatic heterocycles. The van der Waals surface area contributed by atoms with E-state index in [1.165, 1.54) is 48.2 Å². The zero-order valence-electron chi connectivity index (χ0n) is 16.4. The van der Waals surface area contributed by atoms with Crippen molar-refractivity contribution in [2.45, 2.75) is 16.5 Å². The van der Waals surface area contributed by atoms with Crippen LogP contribution in [0.15, 0.2) is 75.2 Å². The fraction of sp³-hybridized carbons (Fsp3) is 0.100. The fourth-order valence-corrected chi connectivity index (χ4v) is 4.52. The number of hydrogen-bond acceptors (Lipinski definition) is 8. The molecular weight excluding hydrogens is 474 g/mol. The molecule has 2 aromatic carbocycles. The molecule has 9 nitrogen and oxygen atoms in total. The van der Waals surface area contributed by atoms with Gasteiger partial charge in [-0.3, -0.25) is 9.52 Å². The van der Waals surface area contributed by atoms with Crippen molar-refractivity contribution in [1.82, 2.24) is 15.2 Å². The number of amides is 1. The molecule has 0 radical (unpaired) electrons. The molecule has 2 aromatic heterocycles. The maximum atomic E-state index is 12.4. The number of carbonyl (C=O) groups excluding carboxylic acids is 1. The molecule has 164 valence electrons. The van der Waals surface area contributed by atoms with E-state index in [2.05, 4.69) is 25.2 Å². The van der Waals surface area contributed by atoms with Crippen LogP contribution in [0.3, 0.4) is 0 Å². The van der Waals surface area contributed by atoms with Gasteiger partial charge < -0.3 is 9.73 Å². The van der Waals surface area contributed by atoms with E-state index in [1.54, 1.807) is 0 Å². The first-order valence-electron chi connectivity index (χ1n) is 9.29. The van der Waals surface area contributed by atoms with Crippen LogP contribution in [0.25, 0.3) is 11.1 Å². The van der Waals surface area contributed by atoms with Gasteiger partial charge in [0.15, 0.2) is 16.6 Å². The van der Waals surface area contributed by atoms with Crippen LogP contribution in [-0.4, -0.2) is 35.3 Å². The van der Waals surface area contributed by atoms with Crippen LogP contribution in [0.1, 0.15) is 6.42 Å². The van der Waals surface area contributed by atoms with E-state index in [4.69, 9.17) is 16.0 Å². The lowest BCUT2D eigenvalue weighted by atomic mass is 10.3. The summed E-state index contributed by atoms with van der Waals surface area (Å²) in [5, 5.41) is 10.6. The Labute approximate surface area is 192 Å². The number of nitrogens with one attached hydrogen (secondary N) is 2. The molecule has 2 heterocycles. The maximum absolute atomic E-state index is 12.4. The number of aromatic nitrogens is 3. The first-order valence-corrected chi connectivity index (χ1v) is 12.1. The van der Waals surface area contributed by atoms with Gasteiger partial charge in [0.05, 0.1) is 4.90 Å². The highest BCUT2D eigenvalue weighted by Gasteiger charge is 2.15. The molecule has 1 amide bonds. The van der Waals surface area contributed by atoms with Crippen molar-refractivity contribution in [3.05, 3.63) is 65.8 Å². The number of thioether (sulfide) groups is 1. The van der Waals surface area contributed by atoms with Gasteiger partial charge in [-0.2, -0.15) is 0 Å². The Balaban J connectivity index is 1.29. The van der Waals surface area contributed by atoms with Gasteiger partial charge in [-0.15, -0.1) is 10.2 Å². The quantitative estimate of drug-likeness (QED) is 0.352. The van der Waals surface area contributed by atoms with Crippen LogP contribution in [0, 0.1) is 0 Å². The second-order valence-electron chi connectivity index (χ2n) is 6.47. The summed E-state index contributed by atoms with van der Waals surface area (Å²) in [7, 11) is -3.86. The molecule has 0 atom stereocenters. The van der Waals surface area contributed by atoms with E-state index in [0.29, 0.717) is 22.2 Å². The smallest absolute Gasteiger partial charge is 0.263 e. The molecule has 0 aliphatic carbocycles. The SMILES string of the molecule is O=C(CCSc1nc2ccccc2o1)Nc1ccc(S(=O)(=O)Nc2ccc(Cl)nn2)cc1. The van der Waals surface area contributed by atoms with Gasteiger partial charge in [-0.1, -0.05) is 35.5 Å². The molecule has 0 saturated carbocycles. The number of nitrogens with zero attached hydrogens (tertiary/aromatic N) is 3. The van der Waals surface area contributed by atoms with Gasteiger partial charge in [-0.25, -0.2) is 13.4 Å². The number of halogens is 1. The lowest BCUT2D eigenvalue weighted by Gasteiger charge is -2.08. The Hall–Kier alpha value is -3.15. The largest absolute Gasteiger partial charge is 0.431 e. The van der Waals surface area contributed by atoms with Gasteiger partial charge in [0.2, 0.25) is 5.91 Å². The minimum Gasteiger partial charge on any atom is -0.431 e. The predicted molar refractivity (Wildman–Crippen MR) is 122 cm³/mol. The van der Waals surface area contributed by atoms with E-state index in [1.807, 2.05) is 24.3 Å². The first-order chi connectivity index (χ1) is 15.4. The van der Waals surface area contributed by atoms with Crippen LogP contribution in [0.2, 0.25) is 5.15 Å². The number of anilines is 2. The first kappa shape index (κ1) is 22.1. The molecule has 0 aliphatic rings. The second-order valence-corrected chi connectivity index (χ2v) is 9.58. The molecule has 4 aromatic rings. The van der Waals surface area contributed by atoms with E-state index < -0.39 is 10.0 Å². The summed E-state index contributed by atoms with van der Waals surface area (Å²) in [6, 6.07) is 16.1. The summed E-state index contributed by atoms with van der Waals surface area (Å²) in [5.41, 5.74) is 1.95. The molecule has 0 spiro atoms. The molecular formula is C20H16ClN5O4S2. The standard InChI is InChI=1S/C20H16ClN5O4S2/c21-17-9-10-18(25-24-17)26-32(28,29)14-7-5-13(6-8-14)22-19(27)11-12-31-20-23-15-3-1-2-4-16(15)30-20/h1-10H,11-12H2,(H,22,27)(H,25,26). The molecule has 0 unspecified atom stereocenters. The van der Waals surface area contributed by atoms with Crippen molar-refractivity contribution in [3.8, 4) is 0 Å². The van der Waals surface area contributed by atoms with Crippen molar-refractivity contribution < 1.29 is 17.6 Å². The third kappa shape index (κ3) is 5.55. The number of oxazole rings is 1. The van der Waals surface area contributed by atoms with Gasteiger partial charge >= 0.3 is 0 Å². The van der Waals surface area contributed by atoms with Crippen molar-refractivity contribution in [2.75, 3.05) is 15.8 Å². The number of hydrogen-bond donors (Lipinski definition) is 2. The van der Waals surface area contributed by atoms with Crippen LogP contribution in [-0.2, 0) is 14.8 Å². The van der Waals surface area contributed by atoms with Crippen molar-refractivity contribution in [1.29, 1.82) is 0 Å². The molecule has 0 bridgehead atoms. The van der Waals surface area contributed by atoms with Gasteiger partial charge in [0, 0.05) is 17.9 Å². The van der Waals surface area contributed by atoms with Crippen LogP contribution < -0.4 is 10.0 Å². The Morgan fingerprint density at radius 1 is 1.03 bits per heavy atom. The number of para-hydroxylation sites is 2. The predicted octanol–water partition coefficient (Wildman–Crippen LogP) is 4.19. The summed E-state index contributed by atoms with van der Waals surface area (Å²) in [5.74, 6) is 0.318. The molecule has 0 saturated heterocycles. The Morgan fingerprint density at radius 2 is 1.81 bits per heavy atom. The lowest BCUT2D eigenvalue weighted by molar-refractivity contribution is -0.115. The second kappa shape index (κ2) is 9.55. The highest BCUT2D eigenvalue weighted by atomic mass is 35.5. The zero-order valence-corrected chi connectivity index (χ0v) is 18.7. The van der Waals surface area contributed by atoms with Gasteiger partial charge in [0.25, 0.3) is 15.2 Å². The van der Waals surface area contributed by atoms with Gasteiger partial charge in [0.1, 0.15) is 5.52 Å². The summed E-state index contributed by atoms with van der Waals surface area (Å²) < 4.78 is 32.8. The molecule has 2 N–H and O–H groups in total. The highest BCUT2D eigenvalue weighted by Crippen LogP contribution is 2.24. The highest BCUT2D eigenvalue weighted by molar-refractivity contribution is 7.99. The Morgan fingerprint density at radius 3 is 2.53 bits per heavy atom. The van der Waals surface area contributed by atoms with Crippen molar-refractivity contribution in [3.63, 3.8) is 0 Å². The minimum absolute atomic E-state index is 0.0127. The third-order valence-corrected chi connectivity index (χ3v) is 6.55. The third-order valence-electron chi connectivity index (χ3n) is 4.15. The lowest BCUT2D eigenvalue weighted by Crippen LogP contribution is -2.15. The van der Waals surface area contributed by atoms with Crippen molar-refractivity contribution >= 4 is 61.9 Å². The summed E-state index contributed by atoms with van der Waals surface area (Å²) in [6.45, 7) is 0. The van der Waals surface area contributed by atoms with Crippen LogP contribution in [0.5, 0.6) is 0 Å². The summed E-state index contributed by atoms with van der Waals surface area (Å²) >= 11 is 6.99. The number of benzene rings is 2. The van der Waals surface area contributed by atoms with E-state index in [0.717, 1.165) is 5.52 Å². The Bertz CT molecular complexity index is 1310. The number of carbonyl (C=O) groups is 1. The monoisotopic (exact) mass is 489 g/mol. The average Bonchev–Trinajstić information content (AvgIpc) is 3.18. The van der Waals surface area contributed by atoms with E-state index in [-0.39, 0.29) is 28.2 Å². The molecule has 32 heavy (non-hydrogen) atoms. The number of sulfonamides is 1. The van der Waals surface area contributed by atoms with Gasteiger partial charge in [-0.05, 0) is 48.5 Å².